The van der Waals surface area contributed by atoms with E-state index in [2.05, 4.69) is 38.3 Å². The molecule has 0 heterocycles. The van der Waals surface area contributed by atoms with E-state index in [1.165, 1.54) is 0 Å². The van der Waals surface area contributed by atoms with E-state index in [-0.39, 0.29) is 6.03 Å². The smallest absolute Gasteiger partial charge is 0.314 e. The van der Waals surface area contributed by atoms with Crippen molar-refractivity contribution in [2.24, 2.45) is 11.8 Å². The highest BCUT2D eigenvalue weighted by atomic mass is 16.2. The van der Waals surface area contributed by atoms with Crippen LogP contribution in [0.1, 0.15) is 27.7 Å². The molecule has 0 radical (unpaired) electrons. The van der Waals surface area contributed by atoms with Crippen LogP contribution in [0.15, 0.2) is 0 Å². The molecule has 72 valence electrons. The minimum atomic E-state index is -0.0580. The van der Waals surface area contributed by atoms with Crippen LogP contribution in [0.4, 0.5) is 4.79 Å². The fourth-order valence-corrected chi connectivity index (χ4v) is 0.656. The number of carbonyl (C=O) groups excluding carboxylic acids is 1. The average Bonchev–Trinajstić information content (AvgIpc) is 1.96. The third-order valence-corrected chi connectivity index (χ3v) is 1.34. The van der Waals surface area contributed by atoms with Crippen LogP contribution in [0, 0.1) is 11.8 Å². The number of rotatable bonds is 4. The summed E-state index contributed by atoms with van der Waals surface area (Å²) in [5.74, 6) is 1.02. The summed E-state index contributed by atoms with van der Waals surface area (Å²) in [5.41, 5.74) is 0. The molecule has 0 aromatic rings. The maximum Gasteiger partial charge on any atom is 0.314 e. The van der Waals surface area contributed by atoms with Crippen molar-refractivity contribution in [3.05, 3.63) is 0 Å². The monoisotopic (exact) mass is 172 g/mol. The third-order valence-electron chi connectivity index (χ3n) is 1.34. The van der Waals surface area contributed by atoms with Crippen LogP contribution in [0.2, 0.25) is 0 Å². The van der Waals surface area contributed by atoms with Crippen molar-refractivity contribution in [3.63, 3.8) is 0 Å². The third kappa shape index (κ3) is 7.38. The standard InChI is InChI=1S/C9H20N2O/c1-7(2)5-10-9(12)11-6-8(3)4/h7-8H,5-6H2,1-4H3,(H2,10,11,12). The SMILES string of the molecule is CC(C)CNC(=O)NCC(C)C. The van der Waals surface area contributed by atoms with E-state index in [1.54, 1.807) is 0 Å². The van der Waals surface area contributed by atoms with Crippen LogP contribution in [-0.4, -0.2) is 19.1 Å². The molecule has 0 spiro atoms. The lowest BCUT2D eigenvalue weighted by atomic mass is 10.2. The maximum absolute atomic E-state index is 11.0. The second kappa shape index (κ2) is 5.86. The highest BCUT2D eigenvalue weighted by Crippen LogP contribution is 1.88. The molecule has 12 heavy (non-hydrogen) atoms. The topological polar surface area (TPSA) is 41.1 Å². The van der Waals surface area contributed by atoms with Gasteiger partial charge in [0.15, 0.2) is 0 Å². The van der Waals surface area contributed by atoms with Crippen LogP contribution in [0.5, 0.6) is 0 Å². The molecule has 0 unspecified atom stereocenters. The summed E-state index contributed by atoms with van der Waals surface area (Å²) >= 11 is 0. The van der Waals surface area contributed by atoms with Crippen molar-refractivity contribution in [2.75, 3.05) is 13.1 Å². The van der Waals surface area contributed by atoms with Gasteiger partial charge in [-0.15, -0.1) is 0 Å². The number of nitrogens with one attached hydrogen (secondary N) is 2. The Morgan fingerprint density at radius 1 is 1.00 bits per heavy atom. The van der Waals surface area contributed by atoms with Crippen LogP contribution in [0.25, 0.3) is 0 Å². The Labute approximate surface area is 74.9 Å². The van der Waals surface area contributed by atoms with Gasteiger partial charge in [-0.3, -0.25) is 0 Å². The Morgan fingerprint density at radius 2 is 1.33 bits per heavy atom. The Bertz CT molecular complexity index is 118. The van der Waals surface area contributed by atoms with Crippen molar-refractivity contribution < 1.29 is 4.79 Å². The quantitative estimate of drug-likeness (QED) is 0.664. The van der Waals surface area contributed by atoms with Gasteiger partial charge in [-0.1, -0.05) is 27.7 Å². The van der Waals surface area contributed by atoms with Gasteiger partial charge in [0.25, 0.3) is 0 Å². The molecule has 3 heteroatoms. The molecule has 0 fully saturated rings. The molecular formula is C9H20N2O. The van der Waals surface area contributed by atoms with Crippen molar-refractivity contribution >= 4 is 6.03 Å². The Balaban J connectivity index is 3.34. The van der Waals surface area contributed by atoms with Crippen molar-refractivity contribution in [3.8, 4) is 0 Å². The lowest BCUT2D eigenvalue weighted by molar-refractivity contribution is 0.238. The van der Waals surface area contributed by atoms with Gasteiger partial charge in [-0.05, 0) is 11.8 Å². The normalized spacial score (nSPS) is 10.5. The highest BCUT2D eigenvalue weighted by molar-refractivity contribution is 5.73. The maximum atomic E-state index is 11.0. The van der Waals surface area contributed by atoms with E-state index in [9.17, 15) is 4.79 Å². The predicted molar refractivity (Wildman–Crippen MR) is 51.1 cm³/mol. The molecule has 0 atom stereocenters. The summed E-state index contributed by atoms with van der Waals surface area (Å²) in [6, 6.07) is -0.0580. The van der Waals surface area contributed by atoms with Crippen LogP contribution in [-0.2, 0) is 0 Å². The van der Waals surface area contributed by atoms with Gasteiger partial charge in [0.1, 0.15) is 0 Å². The first-order chi connectivity index (χ1) is 5.52. The molecule has 0 aromatic heterocycles. The molecule has 3 nitrogen and oxygen atoms in total. The minimum absolute atomic E-state index is 0.0580. The van der Waals surface area contributed by atoms with Crippen LogP contribution < -0.4 is 10.6 Å². The number of amides is 2. The van der Waals surface area contributed by atoms with Gasteiger partial charge in [0.05, 0.1) is 0 Å². The second-order valence-corrected chi connectivity index (χ2v) is 3.88. The highest BCUT2D eigenvalue weighted by Gasteiger charge is 2.01. The molecule has 0 bridgehead atoms. The van der Waals surface area contributed by atoms with Gasteiger partial charge in [0, 0.05) is 13.1 Å². The summed E-state index contributed by atoms with van der Waals surface area (Å²) in [5, 5.41) is 5.57. The molecular weight excluding hydrogens is 152 g/mol. The first kappa shape index (κ1) is 11.3. The minimum Gasteiger partial charge on any atom is -0.338 e. The van der Waals surface area contributed by atoms with E-state index < -0.39 is 0 Å². The predicted octanol–water partition coefficient (Wildman–Crippen LogP) is 1.60. The second-order valence-electron chi connectivity index (χ2n) is 3.88. The zero-order chi connectivity index (χ0) is 9.56. The lowest BCUT2D eigenvalue weighted by Crippen LogP contribution is -2.39. The number of urea groups is 1. The number of hydrogen-bond acceptors (Lipinski definition) is 1. The fraction of sp³-hybridized carbons (Fsp3) is 0.889. The molecule has 0 aromatic carbocycles. The Kier molecular flexibility index (Phi) is 5.51. The van der Waals surface area contributed by atoms with Gasteiger partial charge in [0.2, 0.25) is 0 Å². The Morgan fingerprint density at radius 3 is 1.58 bits per heavy atom. The van der Waals surface area contributed by atoms with Gasteiger partial charge in [-0.2, -0.15) is 0 Å². The number of carbonyl (C=O) groups is 1. The summed E-state index contributed by atoms with van der Waals surface area (Å²) in [4.78, 5) is 11.0. The molecule has 0 aliphatic carbocycles. The fourth-order valence-electron chi connectivity index (χ4n) is 0.656. The molecule has 0 saturated heterocycles. The van der Waals surface area contributed by atoms with E-state index in [4.69, 9.17) is 0 Å². The van der Waals surface area contributed by atoms with E-state index >= 15 is 0 Å². The van der Waals surface area contributed by atoms with Crippen molar-refractivity contribution in [1.82, 2.24) is 10.6 Å². The summed E-state index contributed by atoms with van der Waals surface area (Å²) in [6.45, 7) is 9.77. The summed E-state index contributed by atoms with van der Waals surface area (Å²) in [7, 11) is 0. The van der Waals surface area contributed by atoms with Gasteiger partial charge >= 0.3 is 6.03 Å². The zero-order valence-electron chi connectivity index (χ0n) is 8.48. The molecule has 0 aliphatic heterocycles. The zero-order valence-corrected chi connectivity index (χ0v) is 8.48. The van der Waals surface area contributed by atoms with Crippen LogP contribution in [0.3, 0.4) is 0 Å². The van der Waals surface area contributed by atoms with E-state index in [1.807, 2.05) is 0 Å². The molecule has 0 aliphatic rings. The first-order valence-corrected chi connectivity index (χ1v) is 4.54. The van der Waals surface area contributed by atoms with Crippen LogP contribution >= 0.6 is 0 Å². The number of hydrogen-bond donors (Lipinski definition) is 2. The lowest BCUT2D eigenvalue weighted by Gasteiger charge is -2.10. The van der Waals surface area contributed by atoms with Gasteiger partial charge < -0.3 is 10.6 Å². The van der Waals surface area contributed by atoms with Crippen molar-refractivity contribution in [1.29, 1.82) is 0 Å². The van der Waals surface area contributed by atoms with E-state index in [0.717, 1.165) is 13.1 Å². The van der Waals surface area contributed by atoms with E-state index in [0.29, 0.717) is 11.8 Å². The summed E-state index contributed by atoms with van der Waals surface area (Å²) < 4.78 is 0. The average molecular weight is 172 g/mol. The molecule has 2 N–H and O–H groups in total. The molecule has 2 amide bonds. The molecule has 0 saturated carbocycles. The molecule has 0 rings (SSSR count). The van der Waals surface area contributed by atoms with Crippen molar-refractivity contribution in [2.45, 2.75) is 27.7 Å². The largest absolute Gasteiger partial charge is 0.338 e. The first-order valence-electron chi connectivity index (χ1n) is 4.54. The Hall–Kier alpha value is -0.730. The van der Waals surface area contributed by atoms with Gasteiger partial charge in [-0.25, -0.2) is 4.79 Å². The summed E-state index contributed by atoms with van der Waals surface area (Å²) in [6.07, 6.45) is 0.